The minimum atomic E-state index is -0.872. The van der Waals surface area contributed by atoms with Gasteiger partial charge in [-0.15, -0.1) is 0 Å². The van der Waals surface area contributed by atoms with Crippen molar-refractivity contribution in [2.24, 2.45) is 0 Å². The summed E-state index contributed by atoms with van der Waals surface area (Å²) in [4.78, 5) is 31.4. The zero-order chi connectivity index (χ0) is 21.4. The largest absolute Gasteiger partial charge is 0.507 e. The van der Waals surface area contributed by atoms with E-state index in [4.69, 9.17) is 13.9 Å². The van der Waals surface area contributed by atoms with Gasteiger partial charge in [0.05, 0.1) is 11.8 Å². The number of Topliss-reactive ketones (excluding diaryl/α,β-unsaturated/α-hetero) is 1. The van der Waals surface area contributed by atoms with Crippen LogP contribution in [0.1, 0.15) is 22.9 Å². The van der Waals surface area contributed by atoms with Gasteiger partial charge in [-0.3, -0.25) is 14.6 Å². The summed E-state index contributed by atoms with van der Waals surface area (Å²) < 4.78 is 16.6. The van der Waals surface area contributed by atoms with Crippen molar-refractivity contribution >= 4 is 17.4 Å². The zero-order valence-corrected chi connectivity index (χ0v) is 16.4. The number of rotatable bonds is 4. The Morgan fingerprint density at radius 1 is 1.10 bits per heavy atom. The monoisotopic (exact) mass is 418 g/mol. The van der Waals surface area contributed by atoms with Crippen molar-refractivity contribution in [3.8, 4) is 11.5 Å². The van der Waals surface area contributed by atoms with Crippen LogP contribution in [-0.2, 0) is 16.1 Å². The fourth-order valence-electron chi connectivity index (χ4n) is 3.82. The fourth-order valence-corrected chi connectivity index (χ4v) is 3.82. The molecule has 0 bridgehead atoms. The topological polar surface area (TPSA) is 102 Å². The zero-order valence-electron chi connectivity index (χ0n) is 16.4. The van der Waals surface area contributed by atoms with Gasteiger partial charge in [0, 0.05) is 24.5 Å². The Hall–Kier alpha value is -4.07. The third-order valence-corrected chi connectivity index (χ3v) is 5.24. The number of ketones is 1. The first kappa shape index (κ1) is 18.9. The Bertz CT molecular complexity index is 1170. The van der Waals surface area contributed by atoms with Gasteiger partial charge in [0.25, 0.3) is 11.7 Å². The smallest absolute Gasteiger partial charge is 0.296 e. The van der Waals surface area contributed by atoms with Gasteiger partial charge < -0.3 is 23.9 Å². The van der Waals surface area contributed by atoms with Gasteiger partial charge in [0.15, 0.2) is 11.5 Å². The molecule has 2 aromatic heterocycles. The van der Waals surface area contributed by atoms with Crippen LogP contribution in [0.3, 0.4) is 0 Å². The molecule has 156 valence electrons. The van der Waals surface area contributed by atoms with E-state index in [0.29, 0.717) is 36.0 Å². The SMILES string of the molecule is O=C1C(=O)N(Cc2cccnc2)[C@H](c2ccco2)C1=C(O)c1ccc2c(c1)OCCO2. The van der Waals surface area contributed by atoms with Crippen LogP contribution in [0, 0.1) is 0 Å². The van der Waals surface area contributed by atoms with Crippen LogP contribution in [-0.4, -0.2) is 39.9 Å². The molecule has 1 amide bonds. The normalized spacial score (nSPS) is 19.6. The third kappa shape index (κ3) is 3.31. The summed E-state index contributed by atoms with van der Waals surface area (Å²) in [6.07, 6.45) is 4.71. The highest BCUT2D eigenvalue weighted by atomic mass is 16.6. The molecular formula is C23H18N2O6. The summed E-state index contributed by atoms with van der Waals surface area (Å²) in [7, 11) is 0. The number of aliphatic hydroxyl groups excluding tert-OH is 1. The molecule has 3 aromatic rings. The average Bonchev–Trinajstić information content (AvgIpc) is 3.42. The minimum absolute atomic E-state index is 0.0412. The Morgan fingerprint density at radius 2 is 1.94 bits per heavy atom. The van der Waals surface area contributed by atoms with E-state index in [9.17, 15) is 14.7 Å². The predicted molar refractivity (Wildman–Crippen MR) is 108 cm³/mol. The molecule has 8 heteroatoms. The Kier molecular flexibility index (Phi) is 4.66. The van der Waals surface area contributed by atoms with E-state index in [2.05, 4.69) is 4.98 Å². The lowest BCUT2D eigenvalue weighted by Gasteiger charge is -2.23. The Balaban J connectivity index is 1.60. The lowest BCUT2D eigenvalue weighted by molar-refractivity contribution is -0.140. The van der Waals surface area contributed by atoms with E-state index < -0.39 is 17.7 Å². The quantitative estimate of drug-likeness (QED) is 0.395. The molecule has 0 radical (unpaired) electrons. The van der Waals surface area contributed by atoms with Crippen molar-refractivity contribution in [3.63, 3.8) is 0 Å². The van der Waals surface area contributed by atoms with Gasteiger partial charge >= 0.3 is 0 Å². The average molecular weight is 418 g/mol. The summed E-state index contributed by atoms with van der Waals surface area (Å²) in [5.74, 6) is -0.397. The molecule has 4 heterocycles. The Labute approximate surface area is 177 Å². The molecule has 5 rings (SSSR count). The van der Waals surface area contributed by atoms with Crippen molar-refractivity contribution in [2.45, 2.75) is 12.6 Å². The molecule has 0 spiro atoms. The van der Waals surface area contributed by atoms with E-state index in [0.717, 1.165) is 5.56 Å². The maximum atomic E-state index is 13.0. The number of likely N-dealkylation sites (tertiary alicyclic amines) is 1. The number of aromatic nitrogens is 1. The maximum Gasteiger partial charge on any atom is 0.296 e. The van der Waals surface area contributed by atoms with Crippen LogP contribution in [0.25, 0.3) is 5.76 Å². The minimum Gasteiger partial charge on any atom is -0.507 e. The molecule has 0 aliphatic carbocycles. The summed E-state index contributed by atoms with van der Waals surface area (Å²) >= 11 is 0. The van der Waals surface area contributed by atoms with Crippen LogP contribution in [0.5, 0.6) is 11.5 Å². The number of carbonyl (C=O) groups excluding carboxylic acids is 2. The number of nitrogens with zero attached hydrogens (tertiary/aromatic N) is 2. The van der Waals surface area contributed by atoms with Gasteiger partial charge in [-0.25, -0.2) is 0 Å². The molecule has 8 nitrogen and oxygen atoms in total. The molecule has 1 atom stereocenters. The van der Waals surface area contributed by atoms with Crippen molar-refractivity contribution < 1.29 is 28.6 Å². The van der Waals surface area contributed by atoms with E-state index in [1.165, 1.54) is 11.2 Å². The standard InChI is InChI=1S/C23H18N2O6/c26-21(15-5-6-16-18(11-15)31-10-9-30-16)19-20(17-4-2-8-29-17)25(23(28)22(19)27)13-14-3-1-7-24-12-14/h1-8,11-12,20,26H,9-10,13H2/t20-/m1/s1. The number of carbonyl (C=O) groups is 2. The third-order valence-electron chi connectivity index (χ3n) is 5.24. The van der Waals surface area contributed by atoms with Crippen LogP contribution in [0.15, 0.2) is 71.1 Å². The van der Waals surface area contributed by atoms with Gasteiger partial charge in [-0.1, -0.05) is 6.07 Å². The molecule has 0 saturated carbocycles. The number of pyridine rings is 1. The number of furan rings is 1. The molecule has 2 aliphatic rings. The number of hydrogen-bond donors (Lipinski definition) is 1. The highest BCUT2D eigenvalue weighted by Gasteiger charge is 2.47. The first-order valence-corrected chi connectivity index (χ1v) is 9.74. The van der Waals surface area contributed by atoms with Crippen molar-refractivity contribution in [1.29, 1.82) is 0 Å². The summed E-state index contributed by atoms with van der Waals surface area (Å²) in [6, 6.07) is 10.9. The van der Waals surface area contributed by atoms with Crippen molar-refractivity contribution in [3.05, 3.63) is 83.6 Å². The molecule has 1 N–H and O–H groups in total. The van der Waals surface area contributed by atoms with E-state index in [1.807, 2.05) is 6.07 Å². The molecule has 2 aliphatic heterocycles. The number of ether oxygens (including phenoxy) is 2. The van der Waals surface area contributed by atoms with Crippen LogP contribution in [0.4, 0.5) is 0 Å². The van der Waals surface area contributed by atoms with Gasteiger partial charge in [0.2, 0.25) is 0 Å². The molecular weight excluding hydrogens is 400 g/mol. The second-order valence-electron chi connectivity index (χ2n) is 7.16. The Morgan fingerprint density at radius 3 is 2.68 bits per heavy atom. The van der Waals surface area contributed by atoms with E-state index in [-0.39, 0.29) is 17.9 Å². The lowest BCUT2D eigenvalue weighted by atomic mass is 9.99. The van der Waals surface area contributed by atoms with Crippen molar-refractivity contribution in [1.82, 2.24) is 9.88 Å². The van der Waals surface area contributed by atoms with Crippen LogP contribution < -0.4 is 9.47 Å². The second-order valence-corrected chi connectivity index (χ2v) is 7.16. The predicted octanol–water partition coefficient (Wildman–Crippen LogP) is 3.07. The summed E-state index contributed by atoms with van der Waals surface area (Å²) in [5, 5.41) is 11.1. The molecule has 31 heavy (non-hydrogen) atoms. The highest BCUT2D eigenvalue weighted by Crippen LogP contribution is 2.41. The maximum absolute atomic E-state index is 13.0. The van der Waals surface area contributed by atoms with Gasteiger partial charge in [-0.05, 0) is 42.0 Å². The number of amides is 1. The lowest BCUT2D eigenvalue weighted by Crippen LogP contribution is -2.29. The fraction of sp³-hybridized carbons (Fsp3) is 0.174. The van der Waals surface area contributed by atoms with E-state index in [1.54, 1.807) is 48.8 Å². The van der Waals surface area contributed by atoms with Crippen molar-refractivity contribution in [2.75, 3.05) is 13.2 Å². The summed E-state index contributed by atoms with van der Waals surface area (Å²) in [6.45, 7) is 0.969. The number of fused-ring (bicyclic) bond motifs is 1. The van der Waals surface area contributed by atoms with Gasteiger partial charge in [-0.2, -0.15) is 0 Å². The summed E-state index contributed by atoms with van der Waals surface area (Å²) in [5.41, 5.74) is 1.06. The van der Waals surface area contributed by atoms with E-state index >= 15 is 0 Å². The molecule has 1 aromatic carbocycles. The first-order valence-electron chi connectivity index (χ1n) is 9.74. The van der Waals surface area contributed by atoms with Gasteiger partial charge in [0.1, 0.15) is 30.8 Å². The second kappa shape index (κ2) is 7.64. The number of aliphatic hydroxyl groups is 1. The van der Waals surface area contributed by atoms with Crippen LogP contribution >= 0.6 is 0 Å². The molecule has 0 unspecified atom stereocenters. The highest BCUT2D eigenvalue weighted by molar-refractivity contribution is 6.46. The molecule has 1 saturated heterocycles. The van der Waals surface area contributed by atoms with Crippen LogP contribution in [0.2, 0.25) is 0 Å². The first-order chi connectivity index (χ1) is 15.1. The molecule has 1 fully saturated rings. The number of benzene rings is 1. The number of hydrogen-bond acceptors (Lipinski definition) is 7.